The van der Waals surface area contributed by atoms with Crippen LogP contribution in [0.25, 0.3) is 0 Å². The van der Waals surface area contributed by atoms with Gasteiger partial charge in [-0.1, -0.05) is 6.42 Å². The molecule has 0 aliphatic rings. The predicted octanol–water partition coefficient (Wildman–Crippen LogP) is -1.82. The van der Waals surface area contributed by atoms with Crippen LogP contribution < -0.4 is 17.0 Å². The van der Waals surface area contributed by atoms with E-state index in [1.807, 2.05) is 6.07 Å². The Balaban J connectivity index is -0.000000245. The minimum absolute atomic E-state index is 0. The van der Waals surface area contributed by atoms with Gasteiger partial charge in [-0.25, -0.2) is 0 Å². The van der Waals surface area contributed by atoms with Crippen molar-refractivity contribution in [1.29, 1.82) is 5.26 Å². The molecule has 0 aromatic heterocycles. The second-order valence-electron chi connectivity index (χ2n) is 1.51. The third kappa shape index (κ3) is 15.7. The Kier molecular flexibility index (Phi) is 26.9. The molecular weight excluding hydrogens is 247 g/mol. The summed E-state index contributed by atoms with van der Waals surface area (Å²) in [7, 11) is 0. The number of carbonyl (C=O) groups excluding carboxylic acids is 1. The third-order valence-corrected chi connectivity index (χ3v) is 0.817. The molecule has 0 rings (SSSR count). The van der Waals surface area contributed by atoms with Crippen molar-refractivity contribution in [3.05, 3.63) is 0 Å². The fraction of sp³-hybridized carbons (Fsp3) is 0.667. The van der Waals surface area contributed by atoms with Gasteiger partial charge in [0.05, 0.1) is 6.07 Å². The van der Waals surface area contributed by atoms with E-state index in [9.17, 15) is 4.79 Å². The van der Waals surface area contributed by atoms with Crippen LogP contribution in [0.1, 0.15) is 25.7 Å². The van der Waals surface area contributed by atoms with Gasteiger partial charge in [0, 0.05) is 6.42 Å². The van der Waals surface area contributed by atoms with Gasteiger partial charge in [-0.05, 0) is 6.42 Å². The summed E-state index contributed by atoms with van der Waals surface area (Å²) >= 11 is 0. The van der Waals surface area contributed by atoms with Crippen LogP contribution in [0.15, 0.2) is 0 Å². The van der Waals surface area contributed by atoms with Gasteiger partial charge in [-0.3, -0.25) is 6.29 Å². The zero-order valence-corrected chi connectivity index (χ0v) is 10.3. The summed E-state index contributed by atoms with van der Waals surface area (Å²) in [6.45, 7) is 0. The quantitative estimate of drug-likeness (QED) is 0.337. The summed E-state index contributed by atoms with van der Waals surface area (Å²) in [6, 6.07) is 2.00. The minimum atomic E-state index is 0. The van der Waals surface area contributed by atoms with Crippen molar-refractivity contribution in [2.45, 2.75) is 25.7 Å². The van der Waals surface area contributed by atoms with E-state index < -0.39 is 0 Å². The van der Waals surface area contributed by atoms with Gasteiger partial charge in [-0.15, -0.1) is 0 Å². The Bertz CT molecular complexity index is 102. The Morgan fingerprint density at radius 2 is 2.00 bits per heavy atom. The molecule has 0 aromatic rings. The molecule has 2 nitrogen and oxygen atoms in total. The SMILES string of the molecule is N#CCCCC[C-]=O.[Br-].[Zn+2]. The van der Waals surface area contributed by atoms with E-state index in [4.69, 9.17) is 5.26 Å². The van der Waals surface area contributed by atoms with Gasteiger partial charge in [0.2, 0.25) is 0 Å². The minimum Gasteiger partial charge on any atom is -1.00 e. The fourth-order valence-electron chi connectivity index (χ4n) is 0.401. The molecule has 4 heteroatoms. The van der Waals surface area contributed by atoms with E-state index in [-0.39, 0.29) is 36.5 Å². The van der Waals surface area contributed by atoms with Gasteiger partial charge in [0.25, 0.3) is 0 Å². The molecule has 0 spiro atoms. The van der Waals surface area contributed by atoms with Crippen LogP contribution in [0, 0.1) is 11.3 Å². The summed E-state index contributed by atoms with van der Waals surface area (Å²) in [4.78, 5) is 9.56. The standard InChI is InChI=1S/C6H8NO.BrH.Zn/c7-5-3-1-2-4-6-8;;/h1-4H2;1H;/q-1;;+2/p-1. The Labute approximate surface area is 84.5 Å². The number of halogens is 1. The van der Waals surface area contributed by atoms with E-state index in [0.717, 1.165) is 12.8 Å². The molecule has 0 aliphatic carbocycles. The van der Waals surface area contributed by atoms with Crippen LogP contribution in [0.2, 0.25) is 0 Å². The second-order valence-corrected chi connectivity index (χ2v) is 1.51. The molecule has 0 aliphatic heterocycles. The number of unbranched alkanes of at least 4 members (excludes halogenated alkanes) is 3. The first kappa shape index (κ1) is 16.7. The molecule has 0 fully saturated rings. The van der Waals surface area contributed by atoms with Crippen molar-refractivity contribution in [3.63, 3.8) is 0 Å². The fourth-order valence-corrected chi connectivity index (χ4v) is 0.401. The molecule has 0 aromatic carbocycles. The second kappa shape index (κ2) is 16.1. The first-order valence-corrected chi connectivity index (χ1v) is 2.63. The summed E-state index contributed by atoms with van der Waals surface area (Å²) in [5.74, 6) is 0. The zero-order valence-electron chi connectivity index (χ0n) is 5.77. The van der Waals surface area contributed by atoms with E-state index in [1.165, 1.54) is 0 Å². The van der Waals surface area contributed by atoms with Crippen LogP contribution in [0.3, 0.4) is 0 Å². The molecule has 0 N–H and O–H groups in total. The van der Waals surface area contributed by atoms with E-state index in [0.29, 0.717) is 12.8 Å². The van der Waals surface area contributed by atoms with Gasteiger partial charge < -0.3 is 21.8 Å². The van der Waals surface area contributed by atoms with E-state index in [1.54, 1.807) is 6.29 Å². The number of hydrogen-bond acceptors (Lipinski definition) is 2. The maximum Gasteiger partial charge on any atom is 2.00 e. The molecule has 0 amide bonds. The predicted molar refractivity (Wildman–Crippen MR) is 29.8 cm³/mol. The summed E-state index contributed by atoms with van der Waals surface area (Å²) in [6.07, 6.45) is 4.43. The van der Waals surface area contributed by atoms with Crippen LogP contribution in [-0.4, -0.2) is 6.29 Å². The number of hydrogen-bond donors (Lipinski definition) is 0. The first-order chi connectivity index (χ1) is 3.91. The van der Waals surface area contributed by atoms with Crippen molar-refractivity contribution < 1.29 is 41.3 Å². The molecule has 0 unspecified atom stereocenters. The summed E-state index contributed by atoms with van der Waals surface area (Å²) in [5.41, 5.74) is 0. The Morgan fingerprint density at radius 1 is 1.40 bits per heavy atom. The van der Waals surface area contributed by atoms with Crippen molar-refractivity contribution in [2.24, 2.45) is 0 Å². The largest absolute Gasteiger partial charge is 2.00 e. The van der Waals surface area contributed by atoms with Crippen LogP contribution in [-0.2, 0) is 24.3 Å². The van der Waals surface area contributed by atoms with Crippen LogP contribution in [0.5, 0.6) is 0 Å². The molecule has 0 heterocycles. The van der Waals surface area contributed by atoms with Crippen LogP contribution in [0.4, 0.5) is 0 Å². The number of nitrogens with zero attached hydrogens (tertiary/aromatic N) is 1. The molecule has 52 valence electrons. The zero-order chi connectivity index (χ0) is 6.24. The molecule has 0 saturated carbocycles. The normalized spacial score (nSPS) is 6.30. The first-order valence-electron chi connectivity index (χ1n) is 2.63. The molecule has 0 atom stereocenters. The smallest absolute Gasteiger partial charge is 1.00 e. The van der Waals surface area contributed by atoms with E-state index >= 15 is 0 Å². The molecule has 0 saturated heterocycles. The van der Waals surface area contributed by atoms with Crippen molar-refractivity contribution in [1.82, 2.24) is 0 Å². The number of nitriles is 1. The Hall–Kier alpha value is 0.263. The van der Waals surface area contributed by atoms with Gasteiger partial charge in [0.1, 0.15) is 0 Å². The average molecular weight is 255 g/mol. The van der Waals surface area contributed by atoms with Gasteiger partial charge in [0.15, 0.2) is 0 Å². The average Bonchev–Trinajstić information content (AvgIpc) is 1.81. The van der Waals surface area contributed by atoms with E-state index in [2.05, 4.69) is 0 Å². The molecule has 0 bridgehead atoms. The Morgan fingerprint density at radius 3 is 2.40 bits per heavy atom. The van der Waals surface area contributed by atoms with Crippen LogP contribution >= 0.6 is 0 Å². The van der Waals surface area contributed by atoms with Crippen molar-refractivity contribution in [2.75, 3.05) is 0 Å². The molecular formula is C6H8BrNOZn. The monoisotopic (exact) mass is 253 g/mol. The van der Waals surface area contributed by atoms with Crippen molar-refractivity contribution >= 4 is 6.29 Å². The molecule has 10 heavy (non-hydrogen) atoms. The van der Waals surface area contributed by atoms with Gasteiger partial charge in [-0.2, -0.15) is 11.7 Å². The van der Waals surface area contributed by atoms with Crippen molar-refractivity contribution in [3.8, 4) is 6.07 Å². The maximum absolute atomic E-state index is 9.56. The summed E-state index contributed by atoms with van der Waals surface area (Å²) in [5, 5.41) is 8.02. The van der Waals surface area contributed by atoms with Gasteiger partial charge >= 0.3 is 19.5 Å². The third-order valence-electron chi connectivity index (χ3n) is 0.817. The molecule has 0 radical (unpaired) electrons. The number of rotatable bonds is 4. The topological polar surface area (TPSA) is 40.9 Å². The summed E-state index contributed by atoms with van der Waals surface area (Å²) < 4.78 is 0. The maximum atomic E-state index is 9.56.